The molecule has 6 nitrogen and oxygen atoms in total. The number of hydrogen-bond acceptors (Lipinski definition) is 5. The average molecular weight is 412 g/mol. The van der Waals surface area contributed by atoms with Gasteiger partial charge in [-0.2, -0.15) is 0 Å². The van der Waals surface area contributed by atoms with Crippen LogP contribution in [0, 0.1) is 0 Å². The van der Waals surface area contributed by atoms with E-state index in [1.54, 1.807) is 36.2 Å². The van der Waals surface area contributed by atoms with E-state index >= 15 is 0 Å². The minimum atomic E-state index is -0.816. The third-order valence-corrected chi connectivity index (χ3v) is 4.93. The van der Waals surface area contributed by atoms with Gasteiger partial charge in [-0.05, 0) is 62.1 Å². The van der Waals surface area contributed by atoms with Gasteiger partial charge in [-0.1, -0.05) is 23.9 Å². The van der Waals surface area contributed by atoms with Crippen molar-refractivity contribution in [2.24, 2.45) is 0 Å². The summed E-state index contributed by atoms with van der Waals surface area (Å²) in [4.78, 5) is 16.7. The van der Waals surface area contributed by atoms with Crippen molar-refractivity contribution in [1.82, 2.24) is 14.9 Å². The van der Waals surface area contributed by atoms with Crippen LogP contribution in [0.15, 0.2) is 66.1 Å². The number of rotatable bonds is 8. The highest BCUT2D eigenvalue weighted by Gasteiger charge is 2.13. The summed E-state index contributed by atoms with van der Waals surface area (Å²) in [6.07, 6.45) is 4.84. The van der Waals surface area contributed by atoms with Gasteiger partial charge < -0.3 is 15.2 Å². The van der Waals surface area contributed by atoms with Crippen LogP contribution in [0.2, 0.25) is 0 Å². The van der Waals surface area contributed by atoms with E-state index < -0.39 is 6.10 Å². The first-order chi connectivity index (χ1) is 14.0. The number of carbonyl (C=O) groups excluding carboxylic acids is 1. The van der Waals surface area contributed by atoms with Gasteiger partial charge in [0.15, 0.2) is 5.16 Å². The normalized spacial score (nSPS) is 12.0. The van der Waals surface area contributed by atoms with E-state index in [1.165, 1.54) is 0 Å². The first-order valence-corrected chi connectivity index (χ1v) is 10.6. The van der Waals surface area contributed by atoms with Crippen molar-refractivity contribution in [2.45, 2.75) is 31.2 Å². The Morgan fingerprint density at radius 1 is 1.24 bits per heavy atom. The molecular weight excluding hydrogens is 386 g/mol. The molecule has 0 saturated carbocycles. The van der Waals surface area contributed by atoms with Crippen molar-refractivity contribution in [1.29, 1.82) is 0 Å². The van der Waals surface area contributed by atoms with Crippen LogP contribution in [0.25, 0.3) is 5.69 Å². The first-order valence-electron chi connectivity index (χ1n) is 9.38. The summed E-state index contributed by atoms with van der Waals surface area (Å²) in [5.74, 6) is 0.462. The van der Waals surface area contributed by atoms with Gasteiger partial charge in [-0.25, -0.2) is 4.98 Å². The molecule has 2 N–H and O–H groups in total. The number of nitrogens with one attached hydrogen (secondary N) is 1. The third-order valence-electron chi connectivity index (χ3n) is 4.27. The third kappa shape index (κ3) is 5.40. The van der Waals surface area contributed by atoms with Gasteiger partial charge in [0.2, 0.25) is 0 Å². The Bertz CT molecular complexity index is 954. The summed E-state index contributed by atoms with van der Waals surface area (Å²) in [7, 11) is 0. The molecule has 0 spiro atoms. The number of aliphatic hydroxyl groups is 1. The van der Waals surface area contributed by atoms with Crippen LogP contribution in [0.4, 0.5) is 0 Å². The Hall–Kier alpha value is -2.77. The highest BCUT2D eigenvalue weighted by Crippen LogP contribution is 2.21. The highest BCUT2D eigenvalue weighted by atomic mass is 32.2. The minimum absolute atomic E-state index is 0.0550. The van der Waals surface area contributed by atoms with E-state index in [9.17, 15) is 9.90 Å². The molecule has 0 radical (unpaired) electrons. The lowest BCUT2D eigenvalue weighted by atomic mass is 10.1. The van der Waals surface area contributed by atoms with Crippen LogP contribution >= 0.6 is 11.8 Å². The molecule has 2 aromatic carbocycles. The number of thioether (sulfide) groups is 1. The van der Waals surface area contributed by atoms with E-state index in [-0.39, 0.29) is 18.6 Å². The molecule has 0 aliphatic heterocycles. The second-order valence-electron chi connectivity index (χ2n) is 6.80. The summed E-state index contributed by atoms with van der Waals surface area (Å²) in [6, 6.07) is 14.6. The van der Waals surface area contributed by atoms with Crippen molar-refractivity contribution in [3.63, 3.8) is 0 Å². The molecule has 0 bridgehead atoms. The minimum Gasteiger partial charge on any atom is -0.491 e. The molecule has 3 rings (SSSR count). The molecule has 7 heteroatoms. The summed E-state index contributed by atoms with van der Waals surface area (Å²) in [5.41, 5.74) is 2.16. The smallest absolute Gasteiger partial charge is 0.251 e. The number of nitrogens with zero attached hydrogens (tertiary/aromatic N) is 2. The Kier molecular flexibility index (Phi) is 6.95. The lowest BCUT2D eigenvalue weighted by molar-refractivity contribution is 0.0916. The zero-order valence-corrected chi connectivity index (χ0v) is 17.5. The monoisotopic (exact) mass is 411 g/mol. The maximum atomic E-state index is 12.4. The Morgan fingerprint density at radius 2 is 2.00 bits per heavy atom. The molecule has 1 aromatic heterocycles. The van der Waals surface area contributed by atoms with Gasteiger partial charge in [0.05, 0.1) is 12.2 Å². The maximum Gasteiger partial charge on any atom is 0.251 e. The van der Waals surface area contributed by atoms with Gasteiger partial charge in [-0.3, -0.25) is 9.36 Å². The number of amides is 1. The van der Waals surface area contributed by atoms with E-state index in [0.29, 0.717) is 16.9 Å². The largest absolute Gasteiger partial charge is 0.491 e. The lowest BCUT2D eigenvalue weighted by Gasteiger charge is -2.15. The predicted molar refractivity (Wildman–Crippen MR) is 115 cm³/mol. The highest BCUT2D eigenvalue weighted by molar-refractivity contribution is 7.98. The molecule has 0 aliphatic rings. The van der Waals surface area contributed by atoms with Crippen molar-refractivity contribution in [3.8, 4) is 11.4 Å². The fraction of sp³-hybridized carbons (Fsp3) is 0.273. The second-order valence-corrected chi connectivity index (χ2v) is 7.57. The summed E-state index contributed by atoms with van der Waals surface area (Å²) < 4.78 is 7.61. The van der Waals surface area contributed by atoms with E-state index in [1.807, 2.05) is 61.2 Å². The Balaban J connectivity index is 1.60. The van der Waals surface area contributed by atoms with Gasteiger partial charge >= 0.3 is 0 Å². The molecule has 29 heavy (non-hydrogen) atoms. The molecule has 1 heterocycles. The quantitative estimate of drug-likeness (QED) is 0.551. The molecular formula is C22H25N3O3S. The summed E-state index contributed by atoms with van der Waals surface area (Å²) in [6.45, 7) is 4.01. The number of aromatic nitrogens is 2. The Morgan fingerprint density at radius 3 is 2.69 bits per heavy atom. The van der Waals surface area contributed by atoms with E-state index in [0.717, 1.165) is 10.8 Å². The van der Waals surface area contributed by atoms with Crippen LogP contribution in [-0.2, 0) is 0 Å². The maximum absolute atomic E-state index is 12.4. The Labute approximate surface area is 174 Å². The molecule has 1 amide bonds. The topological polar surface area (TPSA) is 76.4 Å². The van der Waals surface area contributed by atoms with Crippen LogP contribution in [-0.4, -0.2) is 39.5 Å². The van der Waals surface area contributed by atoms with Gasteiger partial charge in [-0.15, -0.1) is 0 Å². The average Bonchev–Trinajstić information content (AvgIpc) is 3.20. The number of ether oxygens (including phenoxy) is 1. The number of imidazole rings is 1. The van der Waals surface area contributed by atoms with Gasteiger partial charge in [0.1, 0.15) is 5.75 Å². The molecule has 0 aliphatic carbocycles. The lowest BCUT2D eigenvalue weighted by Crippen LogP contribution is -2.28. The number of carbonyl (C=O) groups is 1. The van der Waals surface area contributed by atoms with Crippen molar-refractivity contribution >= 4 is 17.7 Å². The first kappa shape index (κ1) is 21.0. The van der Waals surface area contributed by atoms with E-state index in [4.69, 9.17) is 4.74 Å². The van der Waals surface area contributed by atoms with Crippen LogP contribution < -0.4 is 10.1 Å². The van der Waals surface area contributed by atoms with Crippen LogP contribution in [0.3, 0.4) is 0 Å². The second kappa shape index (κ2) is 9.62. The van der Waals surface area contributed by atoms with E-state index in [2.05, 4.69) is 10.3 Å². The molecule has 1 atom stereocenters. The molecule has 152 valence electrons. The van der Waals surface area contributed by atoms with Crippen molar-refractivity contribution < 1.29 is 14.6 Å². The molecule has 0 saturated heterocycles. The van der Waals surface area contributed by atoms with Crippen molar-refractivity contribution in [2.75, 3.05) is 12.8 Å². The fourth-order valence-corrected chi connectivity index (χ4v) is 3.42. The zero-order valence-electron chi connectivity index (χ0n) is 16.7. The number of benzene rings is 2. The summed E-state index contributed by atoms with van der Waals surface area (Å²) >= 11 is 1.56. The predicted octanol–water partition coefficient (Wildman–Crippen LogP) is 3.84. The SMILES string of the molecule is CSc1nccn1-c1ccc(C(=O)NCC(O)c2cccc(OC(C)C)c2)cc1. The molecule has 1 unspecified atom stereocenters. The standard InChI is InChI=1S/C22H25N3O3S/c1-15(2)28-19-6-4-5-17(13-19)20(26)14-24-21(27)16-7-9-18(10-8-16)25-12-11-23-22(25)29-3/h4-13,15,20,26H,14H2,1-3H3,(H,24,27). The number of aliphatic hydroxyl groups excluding tert-OH is 1. The van der Waals surface area contributed by atoms with Gasteiger partial charge in [0, 0.05) is 30.2 Å². The van der Waals surface area contributed by atoms with Crippen LogP contribution in [0.1, 0.15) is 35.9 Å². The zero-order chi connectivity index (χ0) is 20.8. The number of hydrogen-bond donors (Lipinski definition) is 2. The summed E-state index contributed by atoms with van der Waals surface area (Å²) in [5, 5.41) is 14.1. The molecule has 0 fully saturated rings. The van der Waals surface area contributed by atoms with Gasteiger partial charge in [0.25, 0.3) is 5.91 Å². The fourth-order valence-electron chi connectivity index (χ4n) is 2.89. The van der Waals surface area contributed by atoms with Crippen LogP contribution in [0.5, 0.6) is 5.75 Å². The molecule has 3 aromatic rings. The van der Waals surface area contributed by atoms with Crippen molar-refractivity contribution in [3.05, 3.63) is 72.1 Å².